The number of carbonyl (C=O) groups excluding carboxylic acids is 2. The molecule has 0 amide bonds. The second-order valence-electron chi connectivity index (χ2n) is 5.08. The van der Waals surface area contributed by atoms with Crippen molar-refractivity contribution >= 4 is 11.6 Å². The van der Waals surface area contributed by atoms with Crippen molar-refractivity contribution in [1.82, 2.24) is 4.98 Å². The molecule has 1 aromatic heterocycles. The molecule has 35 heavy (non-hydrogen) atoms. The molecule has 0 aromatic carbocycles. The van der Waals surface area contributed by atoms with Gasteiger partial charge in [0.1, 0.15) is 0 Å². The molecular weight excluding hydrogens is 576 g/mol. The van der Waals surface area contributed by atoms with E-state index in [1.807, 2.05) is 6.07 Å². The zero-order valence-electron chi connectivity index (χ0n) is 15.8. The number of allylic oxidation sites excluding steroid dienone is 4. The number of aromatic nitrogens is 1. The standard InChI is InChI=1S/C6H4N2.2C5H2F6O2.Cu/c7-5-6-1-3-8-4-2-6;2*6-4(7,8)2(12)1-3(13)5(9,10)11;/h1-4H;2*1,12H;/q;;;+2/p-2/b;2*2-1-;. The summed E-state index contributed by atoms with van der Waals surface area (Å²) < 4.78 is 136. The van der Waals surface area contributed by atoms with Gasteiger partial charge in [-0.2, -0.15) is 57.9 Å². The van der Waals surface area contributed by atoms with Gasteiger partial charge in [-0.05, 0) is 35.8 Å². The van der Waals surface area contributed by atoms with Crippen LogP contribution < -0.4 is 10.2 Å². The molecule has 1 heterocycles. The Morgan fingerprint density at radius 1 is 0.714 bits per heavy atom. The number of halogens is 12. The molecule has 0 aliphatic rings. The minimum Gasteiger partial charge on any atom is -0.869 e. The number of nitrogens with zero attached hydrogens (tertiary/aromatic N) is 2. The summed E-state index contributed by atoms with van der Waals surface area (Å²) in [5.41, 5.74) is 0.653. The van der Waals surface area contributed by atoms with Crippen molar-refractivity contribution < 1.29 is 89.6 Å². The fraction of sp³-hybridized carbons (Fsp3) is 0.250. The molecule has 0 fully saturated rings. The molecule has 0 atom stereocenters. The van der Waals surface area contributed by atoms with Crippen LogP contribution in [0.2, 0.25) is 0 Å². The molecule has 6 nitrogen and oxygen atoms in total. The van der Waals surface area contributed by atoms with Gasteiger partial charge in [-0.3, -0.25) is 14.6 Å². The Morgan fingerprint density at radius 3 is 1.17 bits per heavy atom. The van der Waals surface area contributed by atoms with Crippen molar-refractivity contribution in [3.8, 4) is 6.07 Å². The van der Waals surface area contributed by atoms with Gasteiger partial charge in [0.25, 0.3) is 11.6 Å². The van der Waals surface area contributed by atoms with E-state index in [0.717, 1.165) is 0 Å². The number of pyridine rings is 1. The van der Waals surface area contributed by atoms with E-state index in [1.165, 1.54) is 0 Å². The number of nitriles is 1. The summed E-state index contributed by atoms with van der Waals surface area (Å²) in [4.78, 5) is 23.4. The van der Waals surface area contributed by atoms with Gasteiger partial charge in [0.15, 0.2) is 0 Å². The molecule has 1 radical (unpaired) electrons. The Bertz CT molecular complexity index is 876. The molecule has 0 N–H and O–H groups in total. The van der Waals surface area contributed by atoms with E-state index in [-0.39, 0.29) is 17.1 Å². The predicted molar refractivity (Wildman–Crippen MR) is 79.4 cm³/mol. The van der Waals surface area contributed by atoms with Crippen LogP contribution in [-0.4, -0.2) is 41.3 Å². The van der Waals surface area contributed by atoms with Crippen molar-refractivity contribution in [2.75, 3.05) is 0 Å². The van der Waals surface area contributed by atoms with Crippen LogP contribution in [0.4, 0.5) is 52.7 Å². The van der Waals surface area contributed by atoms with Gasteiger partial charge < -0.3 is 10.2 Å². The van der Waals surface area contributed by atoms with Gasteiger partial charge in [-0.15, -0.1) is 0 Å². The van der Waals surface area contributed by atoms with Crippen molar-refractivity contribution in [1.29, 1.82) is 5.26 Å². The summed E-state index contributed by atoms with van der Waals surface area (Å²) in [7, 11) is 0. The van der Waals surface area contributed by atoms with Crippen LogP contribution in [0.1, 0.15) is 5.56 Å². The van der Waals surface area contributed by atoms with Gasteiger partial charge in [-0.1, -0.05) is 0 Å². The van der Waals surface area contributed by atoms with E-state index in [0.29, 0.717) is 5.56 Å². The van der Waals surface area contributed by atoms with Crippen molar-refractivity contribution in [2.45, 2.75) is 24.7 Å². The third-order valence-electron chi connectivity index (χ3n) is 2.45. The minimum absolute atomic E-state index is 0. The summed E-state index contributed by atoms with van der Waals surface area (Å²) in [6.45, 7) is 0. The van der Waals surface area contributed by atoms with E-state index in [1.54, 1.807) is 24.5 Å². The molecule has 0 saturated carbocycles. The van der Waals surface area contributed by atoms with Crippen LogP contribution in [0.15, 0.2) is 48.2 Å². The van der Waals surface area contributed by atoms with E-state index < -0.39 is 59.9 Å². The average Bonchev–Trinajstić information content (AvgIpc) is 2.66. The monoisotopic (exact) mass is 581 g/mol. The van der Waals surface area contributed by atoms with Crippen molar-refractivity contribution in [3.05, 3.63) is 53.8 Å². The Hall–Kier alpha value is -3.26. The third-order valence-corrected chi connectivity index (χ3v) is 2.45. The van der Waals surface area contributed by atoms with Crippen LogP contribution in [0, 0.1) is 11.3 Å². The number of rotatable bonds is 2. The van der Waals surface area contributed by atoms with Crippen molar-refractivity contribution in [3.63, 3.8) is 0 Å². The van der Waals surface area contributed by atoms with Gasteiger partial charge >= 0.3 is 41.8 Å². The normalized spacial score (nSPS) is 12.5. The van der Waals surface area contributed by atoms with E-state index in [2.05, 4.69) is 4.98 Å². The molecule has 1 aromatic rings. The maximum Gasteiger partial charge on any atom is 2.00 e. The van der Waals surface area contributed by atoms with Crippen LogP contribution in [-0.2, 0) is 26.7 Å². The number of carbonyl (C=O) groups is 2. The van der Waals surface area contributed by atoms with Crippen LogP contribution in [0.5, 0.6) is 0 Å². The Kier molecular flexibility index (Phi) is 14.7. The first-order valence-electron chi connectivity index (χ1n) is 7.47. The smallest absolute Gasteiger partial charge is 0.869 e. The van der Waals surface area contributed by atoms with E-state index in [4.69, 9.17) is 5.26 Å². The fourth-order valence-corrected chi connectivity index (χ4v) is 0.992. The molecule has 19 heteroatoms. The van der Waals surface area contributed by atoms with E-state index >= 15 is 0 Å². The van der Waals surface area contributed by atoms with Crippen LogP contribution >= 0.6 is 0 Å². The minimum atomic E-state index is -5.46. The maximum absolute atomic E-state index is 11.3. The fourth-order valence-electron chi connectivity index (χ4n) is 0.992. The number of hydrogen-bond donors (Lipinski definition) is 0. The first-order chi connectivity index (χ1) is 15.0. The summed E-state index contributed by atoms with van der Waals surface area (Å²) in [5.74, 6) is -11.3. The first-order valence-corrected chi connectivity index (χ1v) is 7.47. The number of ketones is 2. The average molecular weight is 582 g/mol. The molecule has 0 aliphatic heterocycles. The molecule has 0 aliphatic carbocycles. The third kappa shape index (κ3) is 16.9. The Labute approximate surface area is 196 Å². The molecule has 199 valence electrons. The Morgan fingerprint density at radius 2 is 1.00 bits per heavy atom. The second-order valence-corrected chi connectivity index (χ2v) is 5.08. The molecule has 0 unspecified atom stereocenters. The number of alkyl halides is 12. The van der Waals surface area contributed by atoms with Crippen LogP contribution in [0.25, 0.3) is 0 Å². The largest absolute Gasteiger partial charge is 2.00 e. The molecular formula is C16H6CuF12N2O4. The van der Waals surface area contributed by atoms with Crippen molar-refractivity contribution in [2.24, 2.45) is 0 Å². The molecule has 0 bridgehead atoms. The zero-order valence-corrected chi connectivity index (χ0v) is 16.8. The maximum atomic E-state index is 11.3. The molecule has 0 saturated heterocycles. The zero-order chi connectivity index (χ0) is 27.5. The van der Waals surface area contributed by atoms with E-state index in [9.17, 15) is 72.5 Å². The van der Waals surface area contributed by atoms with Gasteiger partial charge in [0, 0.05) is 12.4 Å². The van der Waals surface area contributed by atoms with Gasteiger partial charge in [-0.25, -0.2) is 0 Å². The summed E-state index contributed by atoms with van der Waals surface area (Å²) in [5, 5.41) is 27.9. The van der Waals surface area contributed by atoms with Crippen LogP contribution in [0.3, 0.4) is 0 Å². The van der Waals surface area contributed by atoms with Gasteiger partial charge in [0.2, 0.25) is 0 Å². The number of hydrogen-bond acceptors (Lipinski definition) is 6. The summed E-state index contributed by atoms with van der Waals surface area (Å²) >= 11 is 0. The van der Waals surface area contributed by atoms with Gasteiger partial charge in [0.05, 0.1) is 11.6 Å². The Balaban J connectivity index is -0.000000444. The topological polar surface area (TPSA) is 117 Å². The SMILES string of the molecule is N#Cc1ccncc1.O=C(/C=C(\[O-])C(F)(F)F)C(F)(F)F.O=C(/C=C(\[O-])C(F)(F)F)C(F)(F)F.[Cu+2]. The second kappa shape index (κ2) is 14.2. The molecule has 1 rings (SSSR count). The predicted octanol–water partition coefficient (Wildman–Crippen LogP) is 2.80. The molecule has 0 spiro atoms. The first kappa shape index (κ1) is 36.3. The summed E-state index contributed by atoms with van der Waals surface area (Å²) in [6.07, 6.45) is -20.7. The quantitative estimate of drug-likeness (QED) is 0.230. The summed E-state index contributed by atoms with van der Waals surface area (Å²) in [6, 6.07) is 5.32.